The summed E-state index contributed by atoms with van der Waals surface area (Å²) in [5.74, 6) is 2.99. The van der Waals surface area contributed by atoms with Crippen LogP contribution in [0.5, 0.6) is 23.0 Å². The topological polar surface area (TPSA) is 24.9 Å². The van der Waals surface area contributed by atoms with Crippen molar-refractivity contribution in [2.24, 2.45) is 0 Å². The van der Waals surface area contributed by atoms with Gasteiger partial charge in [-0.3, -0.25) is 0 Å². The predicted molar refractivity (Wildman–Crippen MR) is 470 cm³/mol. The lowest BCUT2D eigenvalue weighted by Crippen LogP contribution is -2.28. The smallest absolute Gasteiger partial charge is 0.127 e. The molecule has 0 amide bonds. The fraction of sp³-hybridized carbons (Fsp3) is 0.0189. The van der Waals surface area contributed by atoms with Crippen LogP contribution in [0.4, 0.5) is 34.1 Å². The number of benzene rings is 16. The number of para-hydroxylation sites is 2. The molecule has 2 aliphatic carbocycles. The Balaban J connectivity index is 0.701. The fourth-order valence-corrected chi connectivity index (χ4v) is 18.0. The number of anilines is 6. The first kappa shape index (κ1) is 70.1. The van der Waals surface area contributed by atoms with Crippen LogP contribution in [0.25, 0.3) is 57.7 Å². The SMILES string of the molecule is C=Cc1ccc(Oc2ccc(C3(c4ccc(Oc5ccc(C=C)cc5)cc4)c4ccccc4-c4ccc(N(c5ccccc5)c5ccc(-c6ccc(N(c7ccccc7)c7ccc8c(c7)C(c7ccc(Sc9ccc(C=C)cc9)cc7)(c7ccc(Sc9ccc(C=C)cc9)cc7)c7ccccc7-8)cc6)cc5)cc43)cc2)cc1. The standard InChI is InChI=1S/C106H76N2O2S2/c1-5-73-27-53-89(54-28-73)109-91-57-39-79(40-58-91)105(80-41-59-92(60-42-80)110-90-55-29-74(6-2)30-56-90)101-25-17-15-23-97(101)99-69-51-87(71-103(99)105)107(83-19-11-9-12-20-83)85-47-35-77(36-48-85)78-37-49-86(50-38-78)108(84-21-13-10-14-22-84)88-52-70-100-98-24-16-18-26-102(98)106(104(100)72-88,81-43-65-95(66-44-81)111-93-61-31-75(7-3)32-62-93)82-45-67-96(68-46-82)112-94-63-33-76(8-4)34-64-94/h5-72H,1-4H2. The molecular weight excluding hydrogens is 1400 g/mol. The van der Waals surface area contributed by atoms with E-state index in [-0.39, 0.29) is 0 Å². The van der Waals surface area contributed by atoms with E-state index in [1.807, 2.05) is 72.8 Å². The molecule has 6 heteroatoms. The van der Waals surface area contributed by atoms with E-state index in [2.05, 4.69) is 376 Å². The number of fused-ring (bicyclic) bond motifs is 6. The second kappa shape index (κ2) is 30.4. The van der Waals surface area contributed by atoms with Crippen molar-refractivity contribution in [1.29, 1.82) is 0 Å². The molecule has 0 aliphatic heterocycles. The molecule has 18 rings (SSSR count). The summed E-state index contributed by atoms with van der Waals surface area (Å²) in [7, 11) is 0. The molecule has 4 nitrogen and oxygen atoms in total. The van der Waals surface area contributed by atoms with Crippen molar-refractivity contribution in [2.45, 2.75) is 30.4 Å². The first-order chi connectivity index (χ1) is 55.2. The van der Waals surface area contributed by atoms with Gasteiger partial charge in [0.1, 0.15) is 23.0 Å². The number of rotatable bonds is 23. The molecule has 0 bridgehead atoms. The lowest BCUT2D eigenvalue weighted by molar-refractivity contribution is 0.482. The van der Waals surface area contributed by atoms with Crippen molar-refractivity contribution < 1.29 is 9.47 Å². The Hall–Kier alpha value is -13.6. The van der Waals surface area contributed by atoms with Gasteiger partial charge in [-0.1, -0.05) is 293 Å². The van der Waals surface area contributed by atoms with Crippen molar-refractivity contribution in [3.05, 3.63) is 481 Å². The number of nitrogens with zero attached hydrogens (tertiary/aromatic N) is 2. The molecule has 0 heterocycles. The lowest BCUT2D eigenvalue weighted by Gasteiger charge is -2.35. The maximum atomic E-state index is 6.51. The minimum Gasteiger partial charge on any atom is -0.457 e. The number of hydrogen-bond donors (Lipinski definition) is 0. The average molecular weight is 1470 g/mol. The monoisotopic (exact) mass is 1470 g/mol. The average Bonchev–Trinajstić information content (AvgIpc) is 1.54. The van der Waals surface area contributed by atoms with Crippen LogP contribution < -0.4 is 19.3 Å². The summed E-state index contributed by atoms with van der Waals surface area (Å²) in [6.45, 7) is 15.9. The summed E-state index contributed by atoms with van der Waals surface area (Å²) >= 11 is 3.54. The van der Waals surface area contributed by atoms with Crippen LogP contribution in [0.2, 0.25) is 0 Å². The molecule has 0 radical (unpaired) electrons. The van der Waals surface area contributed by atoms with E-state index in [1.165, 1.54) is 75.2 Å². The third kappa shape index (κ3) is 13.1. The molecule has 0 atom stereocenters. The van der Waals surface area contributed by atoms with E-state index in [9.17, 15) is 0 Å². The fourth-order valence-electron chi connectivity index (χ4n) is 16.4. The van der Waals surface area contributed by atoms with Crippen LogP contribution in [0.3, 0.4) is 0 Å². The van der Waals surface area contributed by atoms with Crippen LogP contribution >= 0.6 is 23.5 Å². The third-order valence-electron chi connectivity index (χ3n) is 21.7. The van der Waals surface area contributed by atoms with Gasteiger partial charge >= 0.3 is 0 Å². The first-order valence-corrected chi connectivity index (χ1v) is 39.3. The van der Waals surface area contributed by atoms with Crippen LogP contribution in [-0.2, 0) is 10.8 Å². The molecule has 0 aromatic heterocycles. The number of hydrogen-bond acceptors (Lipinski definition) is 6. The van der Waals surface area contributed by atoms with Gasteiger partial charge in [-0.15, -0.1) is 0 Å². The summed E-state index contributed by atoms with van der Waals surface area (Å²) in [4.78, 5) is 9.48. The quantitative estimate of drug-likeness (QED) is 0.0633. The highest BCUT2D eigenvalue weighted by atomic mass is 32.2. The Kier molecular flexibility index (Phi) is 19.0. The molecule has 16 aromatic carbocycles. The van der Waals surface area contributed by atoms with E-state index in [1.54, 1.807) is 23.5 Å². The van der Waals surface area contributed by atoms with Gasteiger partial charge in [-0.25, -0.2) is 0 Å². The van der Waals surface area contributed by atoms with Gasteiger partial charge in [-0.05, 0) is 270 Å². The zero-order valence-electron chi connectivity index (χ0n) is 61.6. The second-order valence-corrected chi connectivity index (χ2v) is 30.4. The highest BCUT2D eigenvalue weighted by molar-refractivity contribution is 7.99. The zero-order valence-corrected chi connectivity index (χ0v) is 63.2. The third-order valence-corrected chi connectivity index (χ3v) is 23.8. The largest absolute Gasteiger partial charge is 0.457 e. The van der Waals surface area contributed by atoms with Crippen LogP contribution in [0.15, 0.2) is 434 Å². The van der Waals surface area contributed by atoms with Crippen molar-refractivity contribution in [1.82, 2.24) is 0 Å². The molecule has 0 saturated heterocycles. The van der Waals surface area contributed by atoms with Crippen molar-refractivity contribution in [3.8, 4) is 56.4 Å². The molecule has 534 valence electrons. The molecule has 0 saturated carbocycles. The van der Waals surface area contributed by atoms with Crippen LogP contribution in [-0.4, -0.2) is 0 Å². The Labute approximate surface area is 664 Å². The predicted octanol–water partition coefficient (Wildman–Crippen LogP) is 29.5. The maximum Gasteiger partial charge on any atom is 0.127 e. The Morgan fingerprint density at radius 2 is 0.473 bits per heavy atom. The highest BCUT2D eigenvalue weighted by Gasteiger charge is 2.48. The number of ether oxygens (including phenoxy) is 2. The molecule has 0 unspecified atom stereocenters. The minimum absolute atomic E-state index is 0.676. The molecule has 2 aliphatic rings. The molecule has 0 fully saturated rings. The van der Waals surface area contributed by atoms with E-state index in [0.29, 0.717) is 0 Å². The van der Waals surface area contributed by atoms with Gasteiger partial charge in [0.05, 0.1) is 10.8 Å². The second-order valence-electron chi connectivity index (χ2n) is 28.1. The molecule has 112 heavy (non-hydrogen) atoms. The summed E-state index contributed by atoms with van der Waals surface area (Å²) in [6, 6.07) is 141. The van der Waals surface area contributed by atoms with Crippen LogP contribution in [0, 0.1) is 0 Å². The van der Waals surface area contributed by atoms with E-state index in [0.717, 1.165) is 102 Å². The summed E-state index contributed by atoms with van der Waals surface area (Å²) < 4.78 is 13.0. The first-order valence-electron chi connectivity index (χ1n) is 37.7. The summed E-state index contributed by atoms with van der Waals surface area (Å²) in [5.41, 5.74) is 25.5. The molecular formula is C106H76N2O2S2. The van der Waals surface area contributed by atoms with Crippen molar-refractivity contribution in [2.75, 3.05) is 9.80 Å². The van der Waals surface area contributed by atoms with E-state index in [4.69, 9.17) is 9.47 Å². The lowest BCUT2D eigenvalue weighted by atomic mass is 9.67. The normalized spacial score (nSPS) is 12.5. The summed E-state index contributed by atoms with van der Waals surface area (Å²) in [6.07, 6.45) is 7.46. The summed E-state index contributed by atoms with van der Waals surface area (Å²) in [5, 5.41) is 0. The highest BCUT2D eigenvalue weighted by Crippen LogP contribution is 2.60. The van der Waals surface area contributed by atoms with Gasteiger partial charge < -0.3 is 19.3 Å². The van der Waals surface area contributed by atoms with Crippen molar-refractivity contribution >= 4 is 82.0 Å². The van der Waals surface area contributed by atoms with Crippen LogP contribution in [0.1, 0.15) is 66.8 Å². The Bertz CT molecular complexity index is 5550. The van der Waals surface area contributed by atoms with E-state index >= 15 is 0 Å². The minimum atomic E-state index is -0.763. The van der Waals surface area contributed by atoms with Crippen molar-refractivity contribution in [3.63, 3.8) is 0 Å². The van der Waals surface area contributed by atoms with Gasteiger partial charge in [-0.2, -0.15) is 0 Å². The van der Waals surface area contributed by atoms with E-state index < -0.39 is 10.8 Å². The molecule has 0 N–H and O–H groups in total. The molecule has 0 spiro atoms. The molecule has 16 aromatic rings. The van der Waals surface area contributed by atoms with Gasteiger partial charge in [0.25, 0.3) is 0 Å². The Morgan fingerprint density at radius 1 is 0.223 bits per heavy atom. The maximum absolute atomic E-state index is 6.51. The van der Waals surface area contributed by atoms with Gasteiger partial charge in [0.2, 0.25) is 0 Å². The van der Waals surface area contributed by atoms with Gasteiger partial charge in [0.15, 0.2) is 0 Å². The Morgan fingerprint density at radius 3 is 0.795 bits per heavy atom. The zero-order chi connectivity index (χ0) is 75.5. The van der Waals surface area contributed by atoms with Gasteiger partial charge in [0, 0.05) is 53.7 Å².